The molecule has 41 heavy (non-hydrogen) atoms. The van der Waals surface area contributed by atoms with Gasteiger partial charge in [-0.1, -0.05) is 72.3 Å². The lowest BCUT2D eigenvalue weighted by Gasteiger charge is -2.44. The van der Waals surface area contributed by atoms with Gasteiger partial charge in [0, 0.05) is 51.6 Å². The fraction of sp³-hybridized carbons (Fsp3) is 0.353. The van der Waals surface area contributed by atoms with Gasteiger partial charge in [-0.05, 0) is 59.7 Å². The van der Waals surface area contributed by atoms with E-state index in [-0.39, 0.29) is 23.9 Å². The van der Waals surface area contributed by atoms with E-state index in [1.807, 2.05) is 60.2 Å². The normalized spacial score (nSPS) is 18.3. The van der Waals surface area contributed by atoms with Gasteiger partial charge in [0.2, 0.25) is 5.91 Å². The minimum absolute atomic E-state index is 0.0183. The van der Waals surface area contributed by atoms with Gasteiger partial charge in [0.15, 0.2) is 0 Å². The molecule has 1 saturated heterocycles. The summed E-state index contributed by atoms with van der Waals surface area (Å²) >= 11 is 6.28. The summed E-state index contributed by atoms with van der Waals surface area (Å²) in [5.41, 5.74) is 6.37. The Morgan fingerprint density at radius 2 is 1.73 bits per heavy atom. The Morgan fingerprint density at radius 3 is 2.46 bits per heavy atom. The van der Waals surface area contributed by atoms with E-state index in [9.17, 15) is 9.59 Å². The van der Waals surface area contributed by atoms with Crippen LogP contribution in [0.1, 0.15) is 35.6 Å². The fourth-order valence-corrected chi connectivity index (χ4v) is 5.92. The number of carbonyl (C=O) groups excluding carboxylic acids is 2. The highest BCUT2D eigenvalue weighted by Crippen LogP contribution is 2.34. The second-order valence-electron chi connectivity index (χ2n) is 11.1. The van der Waals surface area contributed by atoms with Crippen LogP contribution in [-0.4, -0.2) is 67.0 Å². The summed E-state index contributed by atoms with van der Waals surface area (Å²) in [5, 5.41) is 4.25. The topological polar surface area (TPSA) is 61.9 Å². The summed E-state index contributed by atoms with van der Waals surface area (Å²) < 4.78 is 5.95. The van der Waals surface area contributed by atoms with Crippen LogP contribution in [0.2, 0.25) is 5.02 Å². The van der Waals surface area contributed by atoms with Crippen LogP contribution in [0.25, 0.3) is 5.57 Å². The van der Waals surface area contributed by atoms with Crippen molar-refractivity contribution in [1.82, 2.24) is 15.1 Å². The van der Waals surface area contributed by atoms with E-state index in [1.54, 1.807) is 6.92 Å². The molecule has 2 bridgehead atoms. The standard InChI is InChI=1S/C34H38ClN3O3/c1-23-9-14-30(35)32(19-23)41-18-16-26-10-12-27(13-11-26)29-20-28-21-38(24(2)39)22-31(36-28)33(29)34(40)37(3)17-15-25-7-5-4-6-8-25/h4-14,19,28,31,36H,15-18,20-22H2,1-3H3/t28?,31-/m1/s1. The van der Waals surface area contributed by atoms with Crippen molar-refractivity contribution in [3.8, 4) is 5.75 Å². The molecule has 214 valence electrons. The molecule has 2 heterocycles. The van der Waals surface area contributed by atoms with Crippen LogP contribution in [-0.2, 0) is 22.4 Å². The lowest BCUT2D eigenvalue weighted by molar-refractivity contribution is -0.132. The summed E-state index contributed by atoms with van der Waals surface area (Å²) in [7, 11) is 1.87. The SMILES string of the molecule is CC(=O)N1CC2CC(c3ccc(CCOc4cc(C)ccc4Cl)cc3)=C(C(=O)N(C)CCc3ccccc3)[C@@H](C1)N2. The summed E-state index contributed by atoms with van der Waals surface area (Å²) in [5.74, 6) is 0.770. The lowest BCUT2D eigenvalue weighted by Crippen LogP contribution is -2.61. The van der Waals surface area contributed by atoms with Crippen molar-refractivity contribution in [2.75, 3.05) is 33.3 Å². The highest BCUT2D eigenvalue weighted by molar-refractivity contribution is 6.32. The zero-order valence-corrected chi connectivity index (χ0v) is 24.8. The van der Waals surface area contributed by atoms with Crippen molar-refractivity contribution in [2.45, 2.75) is 45.2 Å². The Labute approximate surface area is 247 Å². The van der Waals surface area contributed by atoms with Crippen molar-refractivity contribution >= 4 is 29.0 Å². The number of nitrogens with one attached hydrogen (secondary N) is 1. The van der Waals surface area contributed by atoms with Crippen molar-refractivity contribution in [3.05, 3.63) is 106 Å². The van der Waals surface area contributed by atoms with Crippen LogP contribution in [0.15, 0.2) is 78.4 Å². The predicted molar refractivity (Wildman–Crippen MR) is 164 cm³/mol. The molecule has 7 heteroatoms. The van der Waals surface area contributed by atoms with Gasteiger partial charge in [-0.3, -0.25) is 9.59 Å². The number of hydrogen-bond acceptors (Lipinski definition) is 4. The molecule has 0 aromatic heterocycles. The van der Waals surface area contributed by atoms with E-state index in [2.05, 4.69) is 41.7 Å². The van der Waals surface area contributed by atoms with Crippen LogP contribution in [0.5, 0.6) is 5.75 Å². The fourth-order valence-electron chi connectivity index (χ4n) is 5.75. The minimum Gasteiger partial charge on any atom is -0.492 e. The smallest absolute Gasteiger partial charge is 0.251 e. The molecule has 5 rings (SSSR count). The number of halogens is 1. The van der Waals surface area contributed by atoms with Crippen LogP contribution in [0, 0.1) is 6.92 Å². The van der Waals surface area contributed by atoms with Crippen LogP contribution in [0.4, 0.5) is 0 Å². The molecule has 0 aliphatic carbocycles. The second-order valence-corrected chi connectivity index (χ2v) is 11.5. The van der Waals surface area contributed by atoms with E-state index < -0.39 is 0 Å². The van der Waals surface area contributed by atoms with Crippen LogP contribution in [0.3, 0.4) is 0 Å². The molecular weight excluding hydrogens is 534 g/mol. The van der Waals surface area contributed by atoms with Crippen molar-refractivity contribution in [2.24, 2.45) is 0 Å². The number of rotatable bonds is 9. The van der Waals surface area contributed by atoms with Crippen LogP contribution >= 0.6 is 11.6 Å². The number of hydrogen-bond donors (Lipinski definition) is 1. The Balaban J connectivity index is 1.34. The third-order valence-electron chi connectivity index (χ3n) is 8.04. The average molecular weight is 572 g/mol. The number of fused-ring (bicyclic) bond motifs is 2. The van der Waals surface area contributed by atoms with E-state index in [1.165, 1.54) is 5.56 Å². The molecule has 3 aromatic rings. The molecule has 2 amide bonds. The summed E-state index contributed by atoms with van der Waals surface area (Å²) in [6.07, 6.45) is 2.23. The molecule has 2 aliphatic heterocycles. The number of amides is 2. The minimum atomic E-state index is -0.194. The predicted octanol–water partition coefficient (Wildman–Crippen LogP) is 5.32. The maximum absolute atomic E-state index is 14.0. The van der Waals surface area contributed by atoms with Gasteiger partial charge >= 0.3 is 0 Å². The Hall–Kier alpha value is -3.61. The first-order valence-corrected chi connectivity index (χ1v) is 14.7. The van der Waals surface area contributed by atoms with Gasteiger partial charge < -0.3 is 19.9 Å². The number of aryl methyl sites for hydroxylation is 1. The zero-order chi connectivity index (χ0) is 28.9. The van der Waals surface area contributed by atoms with Crippen molar-refractivity contribution < 1.29 is 14.3 Å². The zero-order valence-electron chi connectivity index (χ0n) is 24.0. The average Bonchev–Trinajstić information content (AvgIpc) is 2.97. The van der Waals surface area contributed by atoms with Crippen molar-refractivity contribution in [1.29, 1.82) is 0 Å². The number of carbonyl (C=O) groups is 2. The highest BCUT2D eigenvalue weighted by atomic mass is 35.5. The van der Waals surface area contributed by atoms with E-state index >= 15 is 0 Å². The van der Waals surface area contributed by atoms with Gasteiger partial charge in [-0.2, -0.15) is 0 Å². The quantitative estimate of drug-likeness (QED) is 0.378. The molecular formula is C34H38ClN3O3. The first-order valence-electron chi connectivity index (χ1n) is 14.3. The molecule has 2 atom stereocenters. The number of benzene rings is 3. The Morgan fingerprint density at radius 1 is 1.00 bits per heavy atom. The van der Waals surface area contributed by atoms with Crippen LogP contribution < -0.4 is 10.1 Å². The van der Waals surface area contributed by atoms with E-state index in [0.29, 0.717) is 43.4 Å². The van der Waals surface area contributed by atoms with Gasteiger partial charge in [0.25, 0.3) is 5.91 Å². The lowest BCUT2D eigenvalue weighted by atomic mass is 9.82. The number of nitrogens with zero attached hydrogens (tertiary/aromatic N) is 2. The van der Waals surface area contributed by atoms with Gasteiger partial charge in [-0.15, -0.1) is 0 Å². The third kappa shape index (κ3) is 7.00. The molecule has 0 spiro atoms. The number of piperazine rings is 1. The number of ether oxygens (including phenoxy) is 1. The van der Waals surface area contributed by atoms with Crippen molar-refractivity contribution in [3.63, 3.8) is 0 Å². The maximum atomic E-state index is 14.0. The maximum Gasteiger partial charge on any atom is 0.251 e. The highest BCUT2D eigenvalue weighted by Gasteiger charge is 2.39. The third-order valence-corrected chi connectivity index (χ3v) is 8.36. The largest absolute Gasteiger partial charge is 0.492 e. The Kier molecular flexibility index (Phi) is 9.11. The molecule has 2 aliphatic rings. The van der Waals surface area contributed by atoms with Gasteiger partial charge in [-0.25, -0.2) is 0 Å². The van der Waals surface area contributed by atoms with Gasteiger partial charge in [0.1, 0.15) is 5.75 Å². The molecule has 1 fully saturated rings. The molecule has 0 radical (unpaired) electrons. The molecule has 3 aromatic carbocycles. The summed E-state index contributed by atoms with van der Waals surface area (Å²) in [4.78, 5) is 29.9. The number of likely N-dealkylation sites (N-methyl/N-ethyl adjacent to an activating group) is 1. The summed E-state index contributed by atoms with van der Waals surface area (Å²) in [6, 6.07) is 24.4. The summed E-state index contributed by atoms with van der Waals surface area (Å²) in [6.45, 7) is 5.92. The molecule has 1 unspecified atom stereocenters. The molecule has 1 N–H and O–H groups in total. The van der Waals surface area contributed by atoms with E-state index in [4.69, 9.17) is 16.3 Å². The Bertz CT molecular complexity index is 1420. The molecule has 0 saturated carbocycles. The second kappa shape index (κ2) is 12.9. The molecule has 6 nitrogen and oxygen atoms in total. The first-order chi connectivity index (χ1) is 19.8. The first kappa shape index (κ1) is 28.9. The van der Waals surface area contributed by atoms with Gasteiger partial charge in [0.05, 0.1) is 17.7 Å². The van der Waals surface area contributed by atoms with E-state index in [0.717, 1.165) is 40.7 Å². The monoisotopic (exact) mass is 571 g/mol.